The van der Waals surface area contributed by atoms with Gasteiger partial charge in [0.2, 0.25) is 5.95 Å². The average Bonchev–Trinajstić information content (AvgIpc) is 3.18. The van der Waals surface area contributed by atoms with E-state index in [1.165, 1.54) is 0 Å². The molecule has 148 valence electrons. The Labute approximate surface area is 174 Å². The van der Waals surface area contributed by atoms with E-state index in [-0.39, 0.29) is 6.61 Å². The van der Waals surface area contributed by atoms with Crippen molar-refractivity contribution in [1.82, 2.24) is 19.7 Å². The van der Waals surface area contributed by atoms with Gasteiger partial charge in [-0.2, -0.15) is 5.10 Å². The van der Waals surface area contributed by atoms with Crippen LogP contribution in [0.3, 0.4) is 0 Å². The molecule has 0 radical (unpaired) electrons. The number of anilines is 2. The second-order valence-electron chi connectivity index (χ2n) is 6.95. The predicted molar refractivity (Wildman–Crippen MR) is 118 cm³/mol. The minimum Gasteiger partial charge on any atom is -0.488 e. The molecule has 0 atom stereocenters. The van der Waals surface area contributed by atoms with Crippen LogP contribution in [0.2, 0.25) is 0 Å². The molecule has 0 aliphatic carbocycles. The van der Waals surface area contributed by atoms with Crippen molar-refractivity contribution in [2.75, 3.05) is 11.9 Å². The van der Waals surface area contributed by atoms with Crippen LogP contribution in [0.5, 0.6) is 5.75 Å². The zero-order valence-electron chi connectivity index (χ0n) is 16.7. The van der Waals surface area contributed by atoms with Crippen LogP contribution < -0.4 is 10.1 Å². The Hall–Kier alpha value is -4.18. The normalized spacial score (nSPS) is 10.6. The van der Waals surface area contributed by atoms with Gasteiger partial charge in [0.15, 0.2) is 0 Å². The van der Waals surface area contributed by atoms with E-state index in [4.69, 9.17) is 16.6 Å². The molecule has 0 aliphatic rings. The fourth-order valence-corrected chi connectivity index (χ4v) is 3.00. The zero-order valence-corrected chi connectivity index (χ0v) is 16.7. The summed E-state index contributed by atoms with van der Waals surface area (Å²) in [7, 11) is 1.87. The maximum atomic E-state index is 7.62. The number of aromatic nitrogens is 4. The van der Waals surface area contributed by atoms with E-state index in [2.05, 4.69) is 26.3 Å². The first-order valence-corrected chi connectivity index (χ1v) is 9.31. The molecule has 0 amide bonds. The Morgan fingerprint density at radius 1 is 1.20 bits per heavy atom. The summed E-state index contributed by atoms with van der Waals surface area (Å²) in [5.41, 5.74) is 4.70. The van der Waals surface area contributed by atoms with Gasteiger partial charge in [-0.3, -0.25) is 4.68 Å². The maximum Gasteiger partial charge on any atom is 0.227 e. The second kappa shape index (κ2) is 8.05. The highest BCUT2D eigenvalue weighted by atomic mass is 16.5. The Balaban J connectivity index is 1.68. The van der Waals surface area contributed by atoms with Crippen molar-refractivity contribution in [2.45, 2.75) is 6.92 Å². The second-order valence-corrected chi connectivity index (χ2v) is 6.95. The molecule has 0 fully saturated rings. The highest BCUT2D eigenvalue weighted by Gasteiger charge is 2.09. The Kier molecular flexibility index (Phi) is 5.14. The molecule has 7 nitrogen and oxygen atoms in total. The van der Waals surface area contributed by atoms with Crippen molar-refractivity contribution in [1.29, 1.82) is 5.41 Å². The molecule has 0 spiro atoms. The molecule has 2 aromatic heterocycles. The SMILES string of the molecule is C#Cc1ccc2nc(Nc3cc(OCC(C)=N)cc(-c4cnn(C)c4)c3)ncc2c1. The van der Waals surface area contributed by atoms with Gasteiger partial charge in [0.1, 0.15) is 12.4 Å². The number of aryl methyl sites for hydroxylation is 1. The standard InChI is InChI=1S/C23H20N6O/c1-4-16-5-6-22-18(7-16)11-25-23(28-22)27-20-8-17(19-12-26-29(3)13-19)9-21(10-20)30-14-15(2)24/h1,5-13,24H,14H2,2-3H3,(H,25,27,28). The summed E-state index contributed by atoms with van der Waals surface area (Å²) >= 11 is 0. The van der Waals surface area contributed by atoms with Gasteiger partial charge in [-0.15, -0.1) is 6.42 Å². The van der Waals surface area contributed by atoms with Crippen molar-refractivity contribution in [2.24, 2.45) is 7.05 Å². The first-order chi connectivity index (χ1) is 14.5. The maximum absolute atomic E-state index is 7.62. The summed E-state index contributed by atoms with van der Waals surface area (Å²) in [4.78, 5) is 8.98. The van der Waals surface area contributed by atoms with Crippen LogP contribution in [0.25, 0.3) is 22.0 Å². The number of rotatable bonds is 6. The van der Waals surface area contributed by atoms with Gasteiger partial charge >= 0.3 is 0 Å². The van der Waals surface area contributed by atoms with E-state index in [1.54, 1.807) is 24.0 Å². The fraction of sp³-hybridized carbons (Fsp3) is 0.130. The van der Waals surface area contributed by atoms with Gasteiger partial charge < -0.3 is 15.5 Å². The molecule has 0 saturated heterocycles. The number of fused-ring (bicyclic) bond motifs is 1. The van der Waals surface area contributed by atoms with Gasteiger partial charge in [0.25, 0.3) is 0 Å². The molecule has 4 aromatic rings. The van der Waals surface area contributed by atoms with Crippen LogP contribution >= 0.6 is 0 Å². The van der Waals surface area contributed by atoms with Crippen LogP contribution in [-0.4, -0.2) is 32.1 Å². The lowest BCUT2D eigenvalue weighted by molar-refractivity contribution is 0.375. The third-order valence-corrected chi connectivity index (χ3v) is 4.40. The summed E-state index contributed by atoms with van der Waals surface area (Å²) in [6, 6.07) is 11.4. The van der Waals surface area contributed by atoms with E-state index in [0.29, 0.717) is 17.4 Å². The molecular formula is C23H20N6O. The lowest BCUT2D eigenvalue weighted by atomic mass is 10.1. The van der Waals surface area contributed by atoms with Gasteiger partial charge in [0.05, 0.1) is 11.7 Å². The van der Waals surface area contributed by atoms with Crippen LogP contribution in [0.4, 0.5) is 11.6 Å². The molecule has 0 bridgehead atoms. The van der Waals surface area contributed by atoms with E-state index in [0.717, 1.165) is 33.3 Å². The molecule has 0 aliphatic heterocycles. The van der Waals surface area contributed by atoms with Crippen molar-refractivity contribution < 1.29 is 4.74 Å². The summed E-state index contributed by atoms with van der Waals surface area (Å²) < 4.78 is 7.50. The monoisotopic (exact) mass is 396 g/mol. The molecule has 30 heavy (non-hydrogen) atoms. The smallest absolute Gasteiger partial charge is 0.227 e. The van der Waals surface area contributed by atoms with Crippen molar-refractivity contribution in [3.05, 3.63) is 60.6 Å². The summed E-state index contributed by atoms with van der Waals surface area (Å²) in [5.74, 6) is 3.73. The van der Waals surface area contributed by atoms with Crippen molar-refractivity contribution in [3.63, 3.8) is 0 Å². The molecule has 4 rings (SSSR count). The van der Waals surface area contributed by atoms with Gasteiger partial charge in [-0.1, -0.05) is 5.92 Å². The third kappa shape index (κ3) is 4.28. The number of hydrogen-bond acceptors (Lipinski definition) is 6. The Morgan fingerprint density at radius 3 is 2.80 bits per heavy atom. The van der Waals surface area contributed by atoms with Gasteiger partial charge in [0, 0.05) is 53.4 Å². The van der Waals surface area contributed by atoms with Gasteiger partial charge in [-0.05, 0) is 42.8 Å². The highest BCUT2D eigenvalue weighted by Crippen LogP contribution is 2.30. The molecule has 2 heterocycles. The quantitative estimate of drug-likeness (QED) is 0.377. The largest absolute Gasteiger partial charge is 0.488 e. The first kappa shape index (κ1) is 19.2. The Bertz CT molecular complexity index is 1280. The number of nitrogens with zero attached hydrogens (tertiary/aromatic N) is 4. The summed E-state index contributed by atoms with van der Waals surface area (Å²) in [5, 5.41) is 16.0. The van der Waals surface area contributed by atoms with Crippen LogP contribution in [0.15, 0.2) is 55.0 Å². The third-order valence-electron chi connectivity index (χ3n) is 4.40. The first-order valence-electron chi connectivity index (χ1n) is 9.31. The minimum atomic E-state index is 0.222. The molecule has 7 heteroatoms. The van der Waals surface area contributed by atoms with E-state index in [9.17, 15) is 0 Å². The number of hydrogen-bond donors (Lipinski definition) is 2. The topological polar surface area (TPSA) is 88.7 Å². The van der Waals surface area contributed by atoms with E-state index >= 15 is 0 Å². The van der Waals surface area contributed by atoms with E-state index in [1.807, 2.05) is 49.6 Å². The number of terminal acetylenes is 1. The number of nitrogens with one attached hydrogen (secondary N) is 2. The lowest BCUT2D eigenvalue weighted by Gasteiger charge is -2.12. The molecular weight excluding hydrogens is 376 g/mol. The average molecular weight is 396 g/mol. The molecule has 0 unspecified atom stereocenters. The summed E-state index contributed by atoms with van der Waals surface area (Å²) in [6.07, 6.45) is 10.9. The lowest BCUT2D eigenvalue weighted by Crippen LogP contribution is -2.06. The summed E-state index contributed by atoms with van der Waals surface area (Å²) in [6.45, 7) is 1.93. The number of ether oxygens (including phenoxy) is 1. The minimum absolute atomic E-state index is 0.222. The van der Waals surface area contributed by atoms with Crippen LogP contribution in [0.1, 0.15) is 12.5 Å². The molecule has 0 saturated carbocycles. The fourth-order valence-electron chi connectivity index (χ4n) is 3.00. The Morgan fingerprint density at radius 2 is 2.07 bits per heavy atom. The van der Waals surface area contributed by atoms with Crippen molar-refractivity contribution >= 4 is 28.3 Å². The van der Waals surface area contributed by atoms with Gasteiger partial charge in [-0.25, -0.2) is 9.97 Å². The molecule has 2 aromatic carbocycles. The van der Waals surface area contributed by atoms with E-state index < -0.39 is 0 Å². The predicted octanol–water partition coefficient (Wildman–Crippen LogP) is 4.17. The molecule has 2 N–H and O–H groups in total. The highest BCUT2D eigenvalue weighted by molar-refractivity contribution is 5.81. The van der Waals surface area contributed by atoms with Crippen molar-refractivity contribution in [3.8, 4) is 29.2 Å². The number of benzene rings is 2. The van der Waals surface area contributed by atoms with Crippen LogP contribution in [0, 0.1) is 17.8 Å². The zero-order chi connectivity index (χ0) is 21.1. The van der Waals surface area contributed by atoms with Crippen LogP contribution in [-0.2, 0) is 7.05 Å².